The van der Waals surface area contributed by atoms with Gasteiger partial charge >= 0.3 is 0 Å². The van der Waals surface area contributed by atoms with Crippen LogP contribution in [0.1, 0.15) is 25.7 Å². The van der Waals surface area contributed by atoms with Gasteiger partial charge < -0.3 is 11.1 Å². The minimum atomic E-state index is 0.520. The number of nitrogens with zero attached hydrogens (tertiary/aromatic N) is 1. The number of rotatable bonds is 2. The molecule has 98 valence electrons. The zero-order valence-electron chi connectivity index (χ0n) is 10.5. The van der Waals surface area contributed by atoms with Crippen LogP contribution in [0.15, 0.2) is 18.2 Å². The molecule has 0 saturated carbocycles. The van der Waals surface area contributed by atoms with Crippen LogP contribution in [-0.2, 0) is 0 Å². The van der Waals surface area contributed by atoms with E-state index in [1.54, 1.807) is 0 Å². The molecule has 2 unspecified atom stereocenters. The fourth-order valence-electron chi connectivity index (χ4n) is 3.27. The van der Waals surface area contributed by atoms with Gasteiger partial charge in [0.05, 0.1) is 11.4 Å². The van der Waals surface area contributed by atoms with Crippen LogP contribution in [0.3, 0.4) is 0 Å². The van der Waals surface area contributed by atoms with Crippen molar-refractivity contribution in [1.29, 1.82) is 0 Å². The van der Waals surface area contributed by atoms with E-state index in [0.29, 0.717) is 12.1 Å². The molecule has 2 fully saturated rings. The SMILES string of the molecule is Nc1ccc(Cl)cc1NC1CCN2CCCCC12. The lowest BCUT2D eigenvalue weighted by Crippen LogP contribution is -2.41. The first kappa shape index (κ1) is 12.1. The minimum absolute atomic E-state index is 0.520. The minimum Gasteiger partial charge on any atom is -0.397 e. The number of halogens is 1. The standard InChI is InChI=1S/C14H20ClN3/c15-10-4-5-11(16)13(9-10)17-12-6-8-18-7-2-1-3-14(12)18/h4-5,9,12,14,17H,1-3,6-8,16H2. The molecule has 2 atom stereocenters. The number of nitrogen functional groups attached to an aromatic ring is 1. The van der Waals surface area contributed by atoms with Gasteiger partial charge in [0.2, 0.25) is 0 Å². The maximum atomic E-state index is 6.03. The molecule has 2 heterocycles. The summed E-state index contributed by atoms with van der Waals surface area (Å²) in [7, 11) is 0. The van der Waals surface area contributed by atoms with Crippen molar-refractivity contribution in [2.75, 3.05) is 24.1 Å². The number of fused-ring (bicyclic) bond motifs is 1. The Morgan fingerprint density at radius 2 is 2.11 bits per heavy atom. The summed E-state index contributed by atoms with van der Waals surface area (Å²) in [6, 6.07) is 6.84. The van der Waals surface area contributed by atoms with Crippen molar-refractivity contribution in [3.63, 3.8) is 0 Å². The number of nitrogens with two attached hydrogens (primary N) is 1. The van der Waals surface area contributed by atoms with Crippen LogP contribution in [0.5, 0.6) is 0 Å². The normalized spacial score (nSPS) is 28.1. The Hall–Kier alpha value is -0.930. The first-order chi connectivity index (χ1) is 8.74. The molecule has 3 N–H and O–H groups in total. The third-order valence-electron chi connectivity index (χ3n) is 4.21. The maximum absolute atomic E-state index is 6.03. The van der Waals surface area contributed by atoms with Gasteiger partial charge in [0.15, 0.2) is 0 Å². The highest BCUT2D eigenvalue weighted by atomic mass is 35.5. The average molecular weight is 266 g/mol. The van der Waals surface area contributed by atoms with E-state index in [2.05, 4.69) is 10.2 Å². The summed E-state index contributed by atoms with van der Waals surface area (Å²) in [6.07, 6.45) is 5.21. The second-order valence-electron chi connectivity index (χ2n) is 5.37. The highest BCUT2D eigenvalue weighted by Gasteiger charge is 2.35. The molecule has 3 rings (SSSR count). The summed E-state index contributed by atoms with van der Waals surface area (Å²) in [5.41, 5.74) is 7.77. The number of benzene rings is 1. The molecule has 2 aliphatic heterocycles. The largest absolute Gasteiger partial charge is 0.397 e. The number of anilines is 2. The van der Waals surface area contributed by atoms with Crippen LogP contribution in [0.2, 0.25) is 5.02 Å². The van der Waals surface area contributed by atoms with Crippen LogP contribution in [0, 0.1) is 0 Å². The second-order valence-corrected chi connectivity index (χ2v) is 5.81. The lowest BCUT2D eigenvalue weighted by molar-refractivity contribution is 0.193. The molecule has 4 heteroatoms. The molecule has 2 aliphatic rings. The van der Waals surface area contributed by atoms with Gasteiger partial charge in [0, 0.05) is 23.7 Å². The Morgan fingerprint density at radius 3 is 3.00 bits per heavy atom. The highest BCUT2D eigenvalue weighted by molar-refractivity contribution is 6.31. The molecule has 0 aromatic heterocycles. The van der Waals surface area contributed by atoms with Crippen LogP contribution < -0.4 is 11.1 Å². The number of hydrogen-bond donors (Lipinski definition) is 2. The maximum Gasteiger partial charge on any atom is 0.0591 e. The quantitative estimate of drug-likeness (QED) is 0.808. The summed E-state index contributed by atoms with van der Waals surface area (Å²) in [4.78, 5) is 2.61. The zero-order chi connectivity index (χ0) is 12.5. The number of hydrogen-bond acceptors (Lipinski definition) is 3. The monoisotopic (exact) mass is 265 g/mol. The second kappa shape index (κ2) is 4.98. The van der Waals surface area contributed by atoms with Gasteiger partial charge in [-0.15, -0.1) is 0 Å². The van der Waals surface area contributed by atoms with Gasteiger partial charge in [-0.05, 0) is 44.0 Å². The first-order valence-electron chi connectivity index (χ1n) is 6.79. The van der Waals surface area contributed by atoms with Crippen LogP contribution >= 0.6 is 11.6 Å². The van der Waals surface area contributed by atoms with E-state index in [1.165, 1.54) is 38.8 Å². The first-order valence-corrected chi connectivity index (χ1v) is 7.17. The molecule has 18 heavy (non-hydrogen) atoms. The van der Waals surface area contributed by atoms with E-state index < -0.39 is 0 Å². The lowest BCUT2D eigenvalue weighted by Gasteiger charge is -2.33. The van der Waals surface area contributed by atoms with Gasteiger partial charge in [-0.25, -0.2) is 0 Å². The average Bonchev–Trinajstić information content (AvgIpc) is 2.78. The van der Waals surface area contributed by atoms with Crippen LogP contribution in [-0.4, -0.2) is 30.1 Å². The molecule has 3 nitrogen and oxygen atoms in total. The summed E-state index contributed by atoms with van der Waals surface area (Å²) in [5, 5.41) is 4.34. The number of nitrogens with one attached hydrogen (secondary N) is 1. The van der Waals surface area contributed by atoms with E-state index in [4.69, 9.17) is 17.3 Å². The Bertz CT molecular complexity index is 435. The summed E-state index contributed by atoms with van der Waals surface area (Å²) >= 11 is 6.03. The predicted molar refractivity (Wildman–Crippen MR) is 77.1 cm³/mol. The van der Waals surface area contributed by atoms with Gasteiger partial charge in [0.1, 0.15) is 0 Å². The fourth-order valence-corrected chi connectivity index (χ4v) is 3.44. The van der Waals surface area contributed by atoms with E-state index in [1.807, 2.05) is 18.2 Å². The molecule has 1 aromatic carbocycles. The fraction of sp³-hybridized carbons (Fsp3) is 0.571. The molecule has 0 spiro atoms. The molecule has 2 saturated heterocycles. The third kappa shape index (κ3) is 2.29. The Labute approximate surface area is 113 Å². The van der Waals surface area contributed by atoms with Gasteiger partial charge in [0.25, 0.3) is 0 Å². The van der Waals surface area contributed by atoms with E-state index >= 15 is 0 Å². The van der Waals surface area contributed by atoms with Crippen molar-refractivity contribution in [2.45, 2.75) is 37.8 Å². The van der Waals surface area contributed by atoms with Crippen molar-refractivity contribution in [3.05, 3.63) is 23.2 Å². The zero-order valence-corrected chi connectivity index (χ0v) is 11.3. The molecule has 0 radical (unpaired) electrons. The topological polar surface area (TPSA) is 41.3 Å². The van der Waals surface area contributed by atoms with Crippen molar-refractivity contribution >= 4 is 23.0 Å². The Balaban J connectivity index is 1.74. The molecular formula is C14H20ClN3. The van der Waals surface area contributed by atoms with E-state index in [0.717, 1.165) is 16.4 Å². The van der Waals surface area contributed by atoms with E-state index in [-0.39, 0.29) is 0 Å². The highest BCUT2D eigenvalue weighted by Crippen LogP contribution is 2.31. The molecule has 0 amide bonds. The van der Waals surface area contributed by atoms with Crippen molar-refractivity contribution < 1.29 is 0 Å². The smallest absolute Gasteiger partial charge is 0.0591 e. The van der Waals surface area contributed by atoms with Gasteiger partial charge in [-0.3, -0.25) is 4.90 Å². The van der Waals surface area contributed by atoms with Crippen LogP contribution in [0.25, 0.3) is 0 Å². The molecule has 0 aliphatic carbocycles. The lowest BCUT2D eigenvalue weighted by atomic mass is 9.99. The van der Waals surface area contributed by atoms with Crippen LogP contribution in [0.4, 0.5) is 11.4 Å². The Kier molecular flexibility index (Phi) is 3.35. The summed E-state index contributed by atoms with van der Waals surface area (Å²) < 4.78 is 0. The van der Waals surface area contributed by atoms with Gasteiger partial charge in [-0.2, -0.15) is 0 Å². The van der Waals surface area contributed by atoms with Gasteiger partial charge in [-0.1, -0.05) is 18.0 Å². The van der Waals surface area contributed by atoms with Crippen molar-refractivity contribution in [2.24, 2.45) is 0 Å². The predicted octanol–water partition coefficient (Wildman–Crippen LogP) is 2.96. The van der Waals surface area contributed by atoms with Crippen molar-refractivity contribution in [3.8, 4) is 0 Å². The van der Waals surface area contributed by atoms with Crippen molar-refractivity contribution in [1.82, 2.24) is 4.90 Å². The summed E-state index contributed by atoms with van der Waals surface area (Å²) in [5.74, 6) is 0. The molecule has 0 bridgehead atoms. The number of piperidine rings is 1. The molecular weight excluding hydrogens is 246 g/mol. The molecule has 1 aromatic rings. The Morgan fingerprint density at radius 1 is 1.22 bits per heavy atom. The van der Waals surface area contributed by atoms with E-state index in [9.17, 15) is 0 Å². The third-order valence-corrected chi connectivity index (χ3v) is 4.45. The summed E-state index contributed by atoms with van der Waals surface area (Å²) in [6.45, 7) is 2.47.